The quantitative estimate of drug-likeness (QED) is 0.851. The maximum absolute atomic E-state index is 10.6. The number of ether oxygens (including phenoxy) is 2. The number of nitrogens with zero attached hydrogens (tertiary/aromatic N) is 1. The summed E-state index contributed by atoms with van der Waals surface area (Å²) in [5.74, 6) is -0.385. The molecular weight excluding hydrogens is 268 g/mol. The van der Waals surface area contributed by atoms with Gasteiger partial charge in [0.15, 0.2) is 5.79 Å². The summed E-state index contributed by atoms with van der Waals surface area (Å²) in [7, 11) is 0. The van der Waals surface area contributed by atoms with Crippen molar-refractivity contribution in [3.8, 4) is 0 Å². The van der Waals surface area contributed by atoms with E-state index in [-0.39, 0.29) is 5.79 Å². The minimum Gasteiger partial charge on any atom is -0.360 e. The summed E-state index contributed by atoms with van der Waals surface area (Å²) in [5.41, 5.74) is 3.88. The summed E-state index contributed by atoms with van der Waals surface area (Å²) in [6.07, 6.45) is 6.83. The van der Waals surface area contributed by atoms with E-state index in [0.29, 0.717) is 18.9 Å². The average Bonchev–Trinajstić information content (AvgIpc) is 3.15. The van der Waals surface area contributed by atoms with Crippen LogP contribution < -0.4 is 0 Å². The predicted molar refractivity (Wildman–Crippen MR) is 80.2 cm³/mol. The number of allylic oxidation sites excluding steroid dienone is 1. The number of nitroso groups, excluding NO2 is 1. The number of aromatic nitrogens is 1. The first-order chi connectivity index (χ1) is 10.3. The first kappa shape index (κ1) is 12.7. The number of hydrogen-bond donors (Lipinski definition) is 1. The summed E-state index contributed by atoms with van der Waals surface area (Å²) in [6.45, 7) is 1.38. The molecule has 0 bridgehead atoms. The van der Waals surface area contributed by atoms with Gasteiger partial charge in [0.05, 0.1) is 13.2 Å². The van der Waals surface area contributed by atoms with Crippen LogP contribution in [0.3, 0.4) is 0 Å². The zero-order chi connectivity index (χ0) is 14.3. The van der Waals surface area contributed by atoms with E-state index in [1.54, 1.807) is 12.1 Å². The molecule has 2 heterocycles. The highest BCUT2D eigenvalue weighted by Gasteiger charge is 2.37. The number of H-pyrrole nitrogens is 1. The lowest BCUT2D eigenvalue weighted by Crippen LogP contribution is -2.31. The molecule has 0 atom stereocenters. The van der Waals surface area contributed by atoms with Crippen molar-refractivity contribution in [2.45, 2.75) is 25.0 Å². The van der Waals surface area contributed by atoms with E-state index < -0.39 is 0 Å². The van der Waals surface area contributed by atoms with Gasteiger partial charge in [0, 0.05) is 35.5 Å². The van der Waals surface area contributed by atoms with Crippen molar-refractivity contribution in [2.75, 3.05) is 13.2 Å². The lowest BCUT2D eigenvalue weighted by molar-refractivity contribution is -0.159. The van der Waals surface area contributed by atoms with Crippen molar-refractivity contribution in [1.82, 2.24) is 4.98 Å². The number of hydrogen-bond acceptors (Lipinski definition) is 4. The second kappa shape index (κ2) is 4.79. The second-order valence-corrected chi connectivity index (χ2v) is 5.56. The fourth-order valence-corrected chi connectivity index (χ4v) is 3.25. The molecule has 1 spiro atoms. The molecule has 4 rings (SSSR count). The van der Waals surface area contributed by atoms with Crippen LogP contribution in [0.2, 0.25) is 0 Å². The van der Waals surface area contributed by atoms with Gasteiger partial charge in [-0.2, -0.15) is 0 Å². The molecule has 1 aliphatic heterocycles. The van der Waals surface area contributed by atoms with E-state index in [2.05, 4.69) is 16.2 Å². The molecule has 108 valence electrons. The van der Waals surface area contributed by atoms with E-state index >= 15 is 0 Å². The Bertz CT molecular complexity index is 726. The van der Waals surface area contributed by atoms with Crippen molar-refractivity contribution in [3.05, 3.63) is 40.9 Å². The highest BCUT2D eigenvalue weighted by molar-refractivity contribution is 5.94. The topological polar surface area (TPSA) is 63.7 Å². The van der Waals surface area contributed by atoms with Crippen LogP contribution in [0.1, 0.15) is 24.8 Å². The fourth-order valence-electron chi connectivity index (χ4n) is 3.25. The Hall–Kier alpha value is -1.98. The number of fused-ring (bicyclic) bond motifs is 1. The molecule has 1 fully saturated rings. The molecular formula is C16H16N2O3. The Labute approximate surface area is 121 Å². The van der Waals surface area contributed by atoms with Crippen molar-refractivity contribution in [1.29, 1.82) is 0 Å². The molecule has 0 unspecified atom stereocenters. The molecule has 5 heteroatoms. The zero-order valence-corrected chi connectivity index (χ0v) is 11.6. The minimum atomic E-state index is -0.385. The Balaban J connectivity index is 1.68. The molecule has 0 radical (unpaired) electrons. The van der Waals surface area contributed by atoms with Crippen LogP contribution in [0.15, 0.2) is 35.6 Å². The van der Waals surface area contributed by atoms with E-state index in [1.807, 2.05) is 12.3 Å². The first-order valence-electron chi connectivity index (χ1n) is 7.21. The van der Waals surface area contributed by atoms with Crippen LogP contribution in [0.5, 0.6) is 0 Å². The van der Waals surface area contributed by atoms with Gasteiger partial charge in [-0.05, 0) is 35.4 Å². The fraction of sp³-hybridized carbons (Fsp3) is 0.375. The van der Waals surface area contributed by atoms with Gasteiger partial charge in [0.2, 0.25) is 0 Å². The largest absolute Gasteiger partial charge is 0.360 e. The normalized spacial score (nSPS) is 20.9. The molecule has 1 N–H and O–H groups in total. The van der Waals surface area contributed by atoms with Crippen LogP contribution in [0, 0.1) is 4.91 Å². The summed E-state index contributed by atoms with van der Waals surface area (Å²) in [4.78, 5) is 13.8. The zero-order valence-electron chi connectivity index (χ0n) is 11.6. The monoisotopic (exact) mass is 284 g/mol. The Kier molecular flexibility index (Phi) is 2.90. The Morgan fingerprint density at radius 1 is 1.24 bits per heavy atom. The summed E-state index contributed by atoms with van der Waals surface area (Å²) < 4.78 is 11.5. The number of rotatable bonds is 2. The van der Waals surface area contributed by atoms with Gasteiger partial charge in [-0.25, -0.2) is 0 Å². The van der Waals surface area contributed by atoms with Crippen molar-refractivity contribution in [3.63, 3.8) is 0 Å². The summed E-state index contributed by atoms with van der Waals surface area (Å²) in [6, 6.07) is 5.48. The van der Waals surface area contributed by atoms with Crippen LogP contribution in [-0.2, 0) is 9.47 Å². The molecule has 1 saturated heterocycles. The summed E-state index contributed by atoms with van der Waals surface area (Å²) in [5, 5.41) is 4.10. The molecule has 21 heavy (non-hydrogen) atoms. The van der Waals surface area contributed by atoms with Gasteiger partial charge in [0.1, 0.15) is 5.69 Å². The molecule has 2 aliphatic rings. The molecule has 0 saturated carbocycles. The van der Waals surface area contributed by atoms with Gasteiger partial charge in [0.25, 0.3) is 0 Å². The smallest absolute Gasteiger partial charge is 0.172 e. The highest BCUT2D eigenvalue weighted by Crippen LogP contribution is 2.40. The van der Waals surface area contributed by atoms with Crippen LogP contribution in [0.25, 0.3) is 16.5 Å². The van der Waals surface area contributed by atoms with Gasteiger partial charge in [-0.15, -0.1) is 4.91 Å². The van der Waals surface area contributed by atoms with Crippen molar-refractivity contribution < 1.29 is 9.47 Å². The molecule has 1 aliphatic carbocycles. The number of benzene rings is 1. The molecule has 0 amide bonds. The second-order valence-electron chi connectivity index (χ2n) is 5.56. The van der Waals surface area contributed by atoms with Crippen LogP contribution >= 0.6 is 0 Å². The molecule has 2 aromatic rings. The minimum absolute atomic E-state index is 0.385. The maximum atomic E-state index is 10.6. The van der Waals surface area contributed by atoms with Crippen LogP contribution in [-0.4, -0.2) is 24.0 Å². The van der Waals surface area contributed by atoms with E-state index in [1.165, 1.54) is 11.1 Å². The SMILES string of the molecule is O=Nc1ccc2c(C3=CCC4(CC3)OCCO4)c[nH]c2c1. The third-order valence-corrected chi connectivity index (χ3v) is 4.36. The van der Waals surface area contributed by atoms with Gasteiger partial charge >= 0.3 is 0 Å². The third-order valence-electron chi connectivity index (χ3n) is 4.36. The van der Waals surface area contributed by atoms with Gasteiger partial charge in [-0.1, -0.05) is 6.08 Å². The van der Waals surface area contributed by atoms with Gasteiger partial charge in [-0.3, -0.25) is 0 Å². The molecule has 5 nitrogen and oxygen atoms in total. The highest BCUT2D eigenvalue weighted by atomic mass is 16.7. The van der Waals surface area contributed by atoms with E-state index in [0.717, 1.165) is 30.2 Å². The van der Waals surface area contributed by atoms with E-state index in [9.17, 15) is 4.91 Å². The number of nitrogens with one attached hydrogen (secondary N) is 1. The lowest BCUT2D eigenvalue weighted by atomic mass is 9.89. The average molecular weight is 284 g/mol. The maximum Gasteiger partial charge on any atom is 0.172 e. The van der Waals surface area contributed by atoms with Gasteiger partial charge < -0.3 is 14.5 Å². The van der Waals surface area contributed by atoms with Crippen molar-refractivity contribution >= 4 is 22.2 Å². The third kappa shape index (κ3) is 2.09. The standard InChI is InChI=1S/C16H16N2O3/c19-18-12-1-2-13-14(10-17-15(13)9-12)11-3-5-16(6-4-11)20-7-8-21-16/h1-3,9-10,17H,4-8H2. The van der Waals surface area contributed by atoms with Crippen LogP contribution in [0.4, 0.5) is 5.69 Å². The number of aromatic amines is 1. The Morgan fingerprint density at radius 2 is 2.10 bits per heavy atom. The molecule has 1 aromatic carbocycles. The van der Waals surface area contributed by atoms with E-state index in [4.69, 9.17) is 9.47 Å². The Morgan fingerprint density at radius 3 is 2.81 bits per heavy atom. The predicted octanol–water partition coefficient (Wildman–Crippen LogP) is 3.88. The summed E-state index contributed by atoms with van der Waals surface area (Å²) >= 11 is 0. The lowest BCUT2D eigenvalue weighted by Gasteiger charge is -2.30. The molecule has 1 aromatic heterocycles. The van der Waals surface area contributed by atoms with Crippen molar-refractivity contribution in [2.24, 2.45) is 5.18 Å². The first-order valence-corrected chi connectivity index (χ1v) is 7.21.